The van der Waals surface area contributed by atoms with Crippen molar-refractivity contribution in [3.05, 3.63) is 0 Å². The molecule has 1 saturated heterocycles. The molecule has 5 heteroatoms. The Morgan fingerprint density at radius 2 is 1.90 bits per heavy atom. The predicted octanol–water partition coefficient (Wildman–Crippen LogP) is -2.41. The van der Waals surface area contributed by atoms with Crippen LogP contribution in [0.15, 0.2) is 0 Å². The van der Waals surface area contributed by atoms with Crippen LogP contribution in [0.5, 0.6) is 0 Å². The van der Waals surface area contributed by atoms with E-state index in [1.165, 1.54) is 0 Å². The highest BCUT2D eigenvalue weighted by Gasteiger charge is 2.38. The van der Waals surface area contributed by atoms with Crippen molar-refractivity contribution in [3.8, 4) is 0 Å². The quantitative estimate of drug-likeness (QED) is 0.358. The van der Waals surface area contributed by atoms with Crippen molar-refractivity contribution in [2.45, 2.75) is 24.3 Å². The van der Waals surface area contributed by atoms with E-state index in [1.54, 1.807) is 0 Å². The zero-order valence-electron chi connectivity index (χ0n) is 5.34. The highest BCUT2D eigenvalue weighted by atomic mass is 16.5. The van der Waals surface area contributed by atoms with Crippen molar-refractivity contribution >= 4 is 7.85 Å². The Labute approximate surface area is 59.8 Å². The van der Waals surface area contributed by atoms with Crippen LogP contribution in [0.3, 0.4) is 0 Å². The van der Waals surface area contributed by atoms with Crippen molar-refractivity contribution < 1.29 is 20.1 Å². The van der Waals surface area contributed by atoms with Crippen molar-refractivity contribution in [2.24, 2.45) is 0 Å². The van der Waals surface area contributed by atoms with E-state index in [0.29, 0.717) is 0 Å². The van der Waals surface area contributed by atoms with Gasteiger partial charge >= 0.3 is 0 Å². The zero-order valence-corrected chi connectivity index (χ0v) is 5.34. The molecule has 1 fully saturated rings. The Morgan fingerprint density at radius 1 is 1.30 bits per heavy atom. The summed E-state index contributed by atoms with van der Waals surface area (Å²) in [6.45, 7) is -0.327. The van der Waals surface area contributed by atoms with Gasteiger partial charge in [0.05, 0.1) is 12.7 Å². The van der Waals surface area contributed by atoms with E-state index in [1.807, 2.05) is 0 Å². The van der Waals surface area contributed by atoms with Crippen LogP contribution < -0.4 is 0 Å². The first-order chi connectivity index (χ1) is 4.66. The molecule has 4 nitrogen and oxygen atoms in total. The summed E-state index contributed by atoms with van der Waals surface area (Å²) in [5.41, 5.74) is 0. The minimum absolute atomic E-state index is 0.327. The summed E-state index contributed by atoms with van der Waals surface area (Å²) in [4.78, 5) is 0. The van der Waals surface area contributed by atoms with Crippen molar-refractivity contribution in [1.29, 1.82) is 0 Å². The average molecular weight is 144 g/mol. The first kappa shape index (κ1) is 8.01. The molecule has 4 atom stereocenters. The predicted molar refractivity (Wildman–Crippen MR) is 33.5 cm³/mol. The molecule has 0 aromatic rings. The summed E-state index contributed by atoms with van der Waals surface area (Å²) in [5.74, 6) is 0. The molecular formula is C5H9BO4. The molecule has 0 aliphatic carbocycles. The van der Waals surface area contributed by atoms with Crippen LogP contribution in [-0.4, -0.2) is 54.1 Å². The fourth-order valence-electron chi connectivity index (χ4n) is 0.928. The molecular weight excluding hydrogens is 135 g/mol. The van der Waals surface area contributed by atoms with Gasteiger partial charge in [0, 0.05) is 6.00 Å². The van der Waals surface area contributed by atoms with Crippen LogP contribution in [0.1, 0.15) is 0 Å². The molecule has 4 unspecified atom stereocenters. The molecule has 3 N–H and O–H groups in total. The molecule has 1 aliphatic heterocycles. The number of hydrogen-bond donors (Lipinski definition) is 3. The second kappa shape index (κ2) is 2.88. The summed E-state index contributed by atoms with van der Waals surface area (Å²) in [7, 11) is 5.19. The van der Waals surface area contributed by atoms with E-state index < -0.39 is 24.3 Å². The second-order valence-corrected chi connectivity index (χ2v) is 2.30. The molecule has 10 heavy (non-hydrogen) atoms. The SMILES string of the molecule is [B]C1OC(CO)C(O)C1O. The Balaban J connectivity index is 2.53. The minimum atomic E-state index is -1.09. The van der Waals surface area contributed by atoms with Crippen LogP contribution in [0, 0.1) is 0 Å². The average Bonchev–Trinajstić information content (AvgIpc) is 2.17. The van der Waals surface area contributed by atoms with Gasteiger partial charge in [-0.05, 0) is 0 Å². The third-order valence-electron chi connectivity index (χ3n) is 1.58. The number of rotatable bonds is 1. The van der Waals surface area contributed by atoms with Crippen LogP contribution in [0.25, 0.3) is 0 Å². The third-order valence-corrected chi connectivity index (χ3v) is 1.58. The first-order valence-corrected chi connectivity index (χ1v) is 3.05. The number of aliphatic hydroxyl groups is 3. The van der Waals surface area contributed by atoms with Crippen LogP contribution >= 0.6 is 0 Å². The molecule has 0 spiro atoms. The molecule has 2 radical (unpaired) electrons. The highest BCUT2D eigenvalue weighted by molar-refractivity contribution is 6.11. The summed E-state index contributed by atoms with van der Waals surface area (Å²) in [5, 5.41) is 26.5. The second-order valence-electron chi connectivity index (χ2n) is 2.30. The molecule has 1 heterocycles. The molecule has 1 rings (SSSR count). The highest BCUT2D eigenvalue weighted by Crippen LogP contribution is 2.18. The van der Waals surface area contributed by atoms with Gasteiger partial charge in [0.1, 0.15) is 20.1 Å². The summed E-state index contributed by atoms with van der Waals surface area (Å²) < 4.78 is 4.76. The van der Waals surface area contributed by atoms with Gasteiger partial charge in [-0.3, -0.25) is 0 Å². The first-order valence-electron chi connectivity index (χ1n) is 3.05. The molecule has 56 valence electrons. The molecule has 0 bridgehead atoms. The maximum absolute atomic E-state index is 9.01. The Kier molecular flexibility index (Phi) is 2.30. The molecule has 0 saturated carbocycles. The van der Waals surface area contributed by atoms with Gasteiger partial charge in [-0.2, -0.15) is 0 Å². The van der Waals surface area contributed by atoms with E-state index in [4.69, 9.17) is 27.9 Å². The van der Waals surface area contributed by atoms with Crippen LogP contribution in [0.2, 0.25) is 0 Å². The largest absolute Gasteiger partial charge is 0.394 e. The normalized spacial score (nSPS) is 47.9. The zero-order chi connectivity index (χ0) is 7.72. The van der Waals surface area contributed by atoms with E-state index in [9.17, 15) is 0 Å². The van der Waals surface area contributed by atoms with E-state index in [-0.39, 0.29) is 6.61 Å². The third kappa shape index (κ3) is 1.18. The van der Waals surface area contributed by atoms with Crippen molar-refractivity contribution in [1.82, 2.24) is 0 Å². The van der Waals surface area contributed by atoms with Crippen LogP contribution in [0.4, 0.5) is 0 Å². The summed E-state index contributed by atoms with van der Waals surface area (Å²) in [6.07, 6.45) is -2.90. The van der Waals surface area contributed by atoms with Gasteiger partial charge in [-0.25, -0.2) is 0 Å². The lowest BCUT2D eigenvalue weighted by atomic mass is 9.93. The van der Waals surface area contributed by atoms with Crippen LogP contribution in [-0.2, 0) is 4.74 Å². The van der Waals surface area contributed by atoms with Gasteiger partial charge in [0.25, 0.3) is 0 Å². The van der Waals surface area contributed by atoms with Gasteiger partial charge in [-0.1, -0.05) is 0 Å². The molecule has 0 amide bonds. The van der Waals surface area contributed by atoms with Crippen molar-refractivity contribution in [3.63, 3.8) is 0 Å². The fourth-order valence-corrected chi connectivity index (χ4v) is 0.928. The van der Waals surface area contributed by atoms with E-state index in [0.717, 1.165) is 0 Å². The standard InChI is InChI=1S/C5H9BO4/c6-5-4(9)3(8)2(1-7)10-5/h2-5,7-9H,1H2. The maximum atomic E-state index is 9.01. The Hall–Kier alpha value is -0.0951. The fraction of sp³-hybridized carbons (Fsp3) is 1.00. The molecule has 0 aromatic heterocycles. The van der Waals surface area contributed by atoms with Gasteiger partial charge < -0.3 is 20.1 Å². The minimum Gasteiger partial charge on any atom is -0.394 e. The maximum Gasteiger partial charge on any atom is 0.112 e. The number of hydrogen-bond acceptors (Lipinski definition) is 4. The monoisotopic (exact) mass is 144 g/mol. The lowest BCUT2D eigenvalue weighted by molar-refractivity contribution is -0.00875. The molecule has 0 aromatic carbocycles. The lowest BCUT2D eigenvalue weighted by Crippen LogP contribution is -2.33. The van der Waals surface area contributed by atoms with Gasteiger partial charge in [0.15, 0.2) is 0 Å². The topological polar surface area (TPSA) is 69.9 Å². The Morgan fingerprint density at radius 3 is 2.10 bits per heavy atom. The number of aliphatic hydroxyl groups excluding tert-OH is 3. The van der Waals surface area contributed by atoms with Gasteiger partial charge in [0.2, 0.25) is 0 Å². The summed E-state index contributed by atoms with van der Waals surface area (Å²) in [6, 6.07) is -0.882. The smallest absolute Gasteiger partial charge is 0.112 e. The summed E-state index contributed by atoms with van der Waals surface area (Å²) >= 11 is 0. The van der Waals surface area contributed by atoms with E-state index >= 15 is 0 Å². The Bertz CT molecular complexity index is 120. The van der Waals surface area contributed by atoms with E-state index in [2.05, 4.69) is 0 Å². The number of ether oxygens (including phenoxy) is 1. The van der Waals surface area contributed by atoms with Gasteiger partial charge in [-0.15, -0.1) is 0 Å². The molecule has 1 aliphatic rings. The lowest BCUT2D eigenvalue weighted by Gasteiger charge is -2.10. The van der Waals surface area contributed by atoms with Crippen molar-refractivity contribution in [2.75, 3.05) is 6.61 Å².